The highest BCUT2D eigenvalue weighted by atomic mass is 31.1. The number of likely N-dealkylation sites (tertiary alicyclic amines) is 1. The second-order valence-corrected chi connectivity index (χ2v) is 12.0. The average Bonchev–Trinajstić information content (AvgIpc) is 3.25. The summed E-state index contributed by atoms with van der Waals surface area (Å²) in [7, 11) is -0.624. The van der Waals surface area contributed by atoms with Crippen LogP contribution in [0.5, 0.6) is 0 Å². The fraction of sp³-hybridized carbons (Fsp3) is 0.345. The van der Waals surface area contributed by atoms with Crippen molar-refractivity contribution in [3.8, 4) is 0 Å². The number of ether oxygens (including phenoxy) is 2. The smallest absolute Gasteiger partial charge is 0.410 e. The number of rotatable bonds is 7. The van der Waals surface area contributed by atoms with Gasteiger partial charge in [0, 0.05) is 6.04 Å². The minimum absolute atomic E-state index is 0.0129. The Morgan fingerprint density at radius 2 is 1.41 bits per heavy atom. The van der Waals surface area contributed by atoms with Crippen LogP contribution in [0.3, 0.4) is 0 Å². The Bertz CT molecular complexity index is 998. The molecule has 3 aromatic carbocycles. The third-order valence-corrected chi connectivity index (χ3v) is 8.49. The molecule has 34 heavy (non-hydrogen) atoms. The summed E-state index contributed by atoms with van der Waals surface area (Å²) >= 11 is 0. The third kappa shape index (κ3) is 6.68. The van der Waals surface area contributed by atoms with Gasteiger partial charge in [0.15, 0.2) is 0 Å². The van der Waals surface area contributed by atoms with Crippen molar-refractivity contribution in [1.29, 1.82) is 0 Å². The number of amides is 1. The van der Waals surface area contributed by atoms with Crippen molar-refractivity contribution in [3.63, 3.8) is 0 Å². The van der Waals surface area contributed by atoms with E-state index in [-0.39, 0.29) is 18.2 Å². The van der Waals surface area contributed by atoms with Gasteiger partial charge < -0.3 is 14.4 Å². The van der Waals surface area contributed by atoms with Gasteiger partial charge in [0.2, 0.25) is 0 Å². The van der Waals surface area contributed by atoms with Gasteiger partial charge in [0.05, 0.1) is 19.3 Å². The summed E-state index contributed by atoms with van der Waals surface area (Å²) in [5.41, 5.74) is 0.611. The van der Waals surface area contributed by atoms with Gasteiger partial charge in [-0.2, -0.15) is 0 Å². The molecule has 0 aliphatic carbocycles. The molecule has 3 aromatic rings. The quantitative estimate of drug-likeness (QED) is 0.411. The van der Waals surface area contributed by atoms with E-state index < -0.39 is 13.5 Å². The minimum atomic E-state index is -0.624. The van der Waals surface area contributed by atoms with Crippen LogP contribution < -0.4 is 10.6 Å². The Labute approximate surface area is 204 Å². The highest BCUT2D eigenvalue weighted by Crippen LogP contribution is 2.38. The Kier molecular flexibility index (Phi) is 8.03. The summed E-state index contributed by atoms with van der Waals surface area (Å²) in [5.74, 6) is 0. The van der Waals surface area contributed by atoms with E-state index in [4.69, 9.17) is 9.47 Å². The van der Waals surface area contributed by atoms with Crippen LogP contribution in [0.25, 0.3) is 0 Å². The summed E-state index contributed by atoms with van der Waals surface area (Å²) in [5, 5.41) is 2.64. The standard InChI is InChI=1S/C29H34NO3P/c1-29(2,3)33-28(31)30-20-25(32-21-23-13-7-4-8-14-23)19-24(30)22-34(26-15-9-5-10-16-26)27-17-11-6-12-18-27/h4-18,24-25H,19-22H2,1-3H3/t24-,25+/m0/s1. The second kappa shape index (κ2) is 11.2. The minimum Gasteiger partial charge on any atom is -0.444 e. The van der Waals surface area contributed by atoms with Gasteiger partial charge in [0.1, 0.15) is 5.60 Å². The van der Waals surface area contributed by atoms with Crippen LogP contribution in [-0.2, 0) is 16.1 Å². The van der Waals surface area contributed by atoms with Crippen LogP contribution in [0.2, 0.25) is 0 Å². The molecule has 0 unspecified atom stereocenters. The number of carbonyl (C=O) groups excluding carboxylic acids is 1. The zero-order valence-electron chi connectivity index (χ0n) is 20.3. The lowest BCUT2D eigenvalue weighted by atomic mass is 10.2. The molecule has 0 spiro atoms. The van der Waals surface area contributed by atoms with E-state index in [1.165, 1.54) is 10.6 Å². The SMILES string of the molecule is CC(C)(C)OC(=O)N1C[C@H](OCc2ccccc2)C[C@H]1CP(c1ccccc1)c1ccccc1. The summed E-state index contributed by atoms with van der Waals surface area (Å²) in [6.07, 6.45) is 1.43. The van der Waals surface area contributed by atoms with E-state index in [2.05, 4.69) is 72.8 Å². The molecule has 0 bridgehead atoms. The Morgan fingerprint density at radius 3 is 1.94 bits per heavy atom. The highest BCUT2D eigenvalue weighted by molar-refractivity contribution is 7.73. The lowest BCUT2D eigenvalue weighted by Gasteiger charge is -2.31. The molecule has 4 rings (SSSR count). The number of carbonyl (C=O) groups is 1. The van der Waals surface area contributed by atoms with Crippen LogP contribution in [0, 0.1) is 0 Å². The lowest BCUT2D eigenvalue weighted by Crippen LogP contribution is -2.42. The molecule has 0 saturated carbocycles. The molecule has 0 radical (unpaired) electrons. The van der Waals surface area contributed by atoms with Crippen molar-refractivity contribution in [2.45, 2.75) is 51.5 Å². The van der Waals surface area contributed by atoms with Gasteiger partial charge >= 0.3 is 6.09 Å². The Morgan fingerprint density at radius 1 is 0.882 bits per heavy atom. The maximum Gasteiger partial charge on any atom is 0.410 e. The molecule has 1 amide bonds. The van der Waals surface area contributed by atoms with Crippen LogP contribution in [-0.4, -0.2) is 41.4 Å². The van der Waals surface area contributed by atoms with Gasteiger partial charge in [-0.15, -0.1) is 0 Å². The highest BCUT2D eigenvalue weighted by Gasteiger charge is 2.39. The average molecular weight is 476 g/mol. The lowest BCUT2D eigenvalue weighted by molar-refractivity contribution is 0.0158. The van der Waals surface area contributed by atoms with Crippen molar-refractivity contribution in [2.75, 3.05) is 12.7 Å². The van der Waals surface area contributed by atoms with Crippen LogP contribution in [0.4, 0.5) is 4.79 Å². The molecule has 178 valence electrons. The van der Waals surface area contributed by atoms with Gasteiger partial charge in [0.25, 0.3) is 0 Å². The first-order valence-corrected chi connectivity index (χ1v) is 13.4. The Balaban J connectivity index is 1.55. The zero-order valence-corrected chi connectivity index (χ0v) is 21.2. The van der Waals surface area contributed by atoms with Crippen molar-refractivity contribution in [3.05, 3.63) is 96.6 Å². The summed E-state index contributed by atoms with van der Waals surface area (Å²) in [6, 6.07) is 31.6. The molecule has 4 nitrogen and oxygen atoms in total. The molecule has 0 aromatic heterocycles. The van der Waals surface area contributed by atoms with Crippen molar-refractivity contribution in [2.24, 2.45) is 0 Å². The molecular weight excluding hydrogens is 441 g/mol. The van der Waals surface area contributed by atoms with Gasteiger partial charge in [-0.3, -0.25) is 0 Å². The number of hydrogen-bond acceptors (Lipinski definition) is 3. The Hall–Kier alpha value is -2.68. The normalized spacial score (nSPS) is 18.3. The number of benzene rings is 3. The summed E-state index contributed by atoms with van der Waals surface area (Å²) in [4.78, 5) is 15.1. The van der Waals surface area contributed by atoms with Gasteiger partial charge in [-0.05, 0) is 57.4 Å². The molecule has 1 aliphatic heterocycles. The first kappa shape index (κ1) is 24.4. The van der Waals surface area contributed by atoms with E-state index >= 15 is 0 Å². The molecule has 0 N–H and O–H groups in total. The molecule has 1 heterocycles. The zero-order chi connectivity index (χ0) is 24.0. The van der Waals surface area contributed by atoms with E-state index in [0.717, 1.165) is 18.1 Å². The molecular formula is C29H34NO3P. The second-order valence-electron chi connectivity index (χ2n) is 9.72. The van der Waals surface area contributed by atoms with Gasteiger partial charge in [-0.1, -0.05) is 91.0 Å². The maximum absolute atomic E-state index is 13.2. The first-order chi connectivity index (χ1) is 16.4. The van der Waals surface area contributed by atoms with Crippen molar-refractivity contribution in [1.82, 2.24) is 4.90 Å². The monoisotopic (exact) mass is 475 g/mol. The molecule has 5 heteroatoms. The number of nitrogens with zero attached hydrogens (tertiary/aromatic N) is 1. The van der Waals surface area contributed by atoms with Crippen LogP contribution in [0.1, 0.15) is 32.8 Å². The predicted octanol–water partition coefficient (Wildman–Crippen LogP) is 5.71. The molecule has 2 atom stereocenters. The van der Waals surface area contributed by atoms with E-state index in [0.29, 0.717) is 13.2 Å². The van der Waals surface area contributed by atoms with Crippen molar-refractivity contribution < 1.29 is 14.3 Å². The molecule has 1 aliphatic rings. The fourth-order valence-corrected chi connectivity index (χ4v) is 6.84. The summed E-state index contributed by atoms with van der Waals surface area (Å²) < 4.78 is 12.1. The first-order valence-electron chi connectivity index (χ1n) is 11.9. The largest absolute Gasteiger partial charge is 0.444 e. The fourth-order valence-electron chi connectivity index (χ4n) is 4.29. The van der Waals surface area contributed by atoms with Crippen LogP contribution >= 0.6 is 7.92 Å². The molecule has 1 saturated heterocycles. The van der Waals surface area contributed by atoms with E-state index in [1.54, 1.807) is 0 Å². The number of hydrogen-bond donors (Lipinski definition) is 0. The van der Waals surface area contributed by atoms with E-state index in [1.807, 2.05) is 43.9 Å². The predicted molar refractivity (Wildman–Crippen MR) is 140 cm³/mol. The topological polar surface area (TPSA) is 38.8 Å². The van der Waals surface area contributed by atoms with E-state index in [9.17, 15) is 4.79 Å². The molecule has 1 fully saturated rings. The van der Waals surface area contributed by atoms with Crippen LogP contribution in [0.15, 0.2) is 91.0 Å². The third-order valence-electron chi connectivity index (χ3n) is 5.86. The van der Waals surface area contributed by atoms with Crippen molar-refractivity contribution >= 4 is 24.6 Å². The summed E-state index contributed by atoms with van der Waals surface area (Å²) in [6.45, 7) is 6.85. The maximum atomic E-state index is 13.2. The van der Waals surface area contributed by atoms with Gasteiger partial charge in [-0.25, -0.2) is 4.79 Å².